The first-order chi connectivity index (χ1) is 11.4. The lowest BCUT2D eigenvalue weighted by Gasteiger charge is -2.18. The van der Waals surface area contributed by atoms with Crippen molar-refractivity contribution in [2.45, 2.75) is 5.16 Å². The molecule has 0 aliphatic carbocycles. The zero-order valence-electron chi connectivity index (χ0n) is 13.4. The molecule has 8 nitrogen and oxygen atoms in total. The summed E-state index contributed by atoms with van der Waals surface area (Å²) in [5.74, 6) is 0. The van der Waals surface area contributed by atoms with Crippen molar-refractivity contribution in [2.75, 3.05) is 26.2 Å². The van der Waals surface area contributed by atoms with Crippen LogP contribution in [0.2, 0.25) is 0 Å². The molecule has 0 radical (unpaired) electrons. The van der Waals surface area contributed by atoms with Crippen molar-refractivity contribution in [3.63, 3.8) is 0 Å². The monoisotopic (exact) mass is 351 g/mol. The highest BCUT2D eigenvalue weighted by Gasteiger charge is 2.28. The topological polar surface area (TPSA) is 88.4 Å². The van der Waals surface area contributed by atoms with E-state index in [1.165, 1.54) is 17.1 Å². The SMILES string of the molecule is C=CCN(CC=C)C(=O)n1cnc(S(=O)(=O)N(CC=C)CC=C)n1. The number of nitrogens with zero attached hydrogens (tertiary/aromatic N) is 5. The van der Waals surface area contributed by atoms with Gasteiger partial charge in [-0.2, -0.15) is 8.99 Å². The fraction of sp³-hybridized carbons (Fsp3) is 0.267. The van der Waals surface area contributed by atoms with Crippen molar-refractivity contribution < 1.29 is 13.2 Å². The van der Waals surface area contributed by atoms with Crippen molar-refractivity contribution in [2.24, 2.45) is 0 Å². The van der Waals surface area contributed by atoms with Crippen molar-refractivity contribution >= 4 is 16.1 Å². The molecular formula is C15H21N5O3S. The highest BCUT2D eigenvalue weighted by Crippen LogP contribution is 2.11. The van der Waals surface area contributed by atoms with Gasteiger partial charge in [0.25, 0.3) is 15.2 Å². The molecule has 0 N–H and O–H groups in total. The van der Waals surface area contributed by atoms with Crippen molar-refractivity contribution in [3.8, 4) is 0 Å². The molecule has 0 aliphatic rings. The molecule has 0 bridgehead atoms. The van der Waals surface area contributed by atoms with Gasteiger partial charge < -0.3 is 4.90 Å². The minimum absolute atomic E-state index is 0.0793. The lowest BCUT2D eigenvalue weighted by molar-refractivity contribution is 0.206. The normalized spacial score (nSPS) is 11.0. The number of aromatic nitrogens is 3. The number of rotatable bonds is 10. The molecule has 9 heteroatoms. The number of amides is 1. The van der Waals surface area contributed by atoms with Crippen LogP contribution in [0.1, 0.15) is 0 Å². The summed E-state index contributed by atoms with van der Waals surface area (Å²) in [5.41, 5.74) is 0. The van der Waals surface area contributed by atoms with Gasteiger partial charge in [-0.05, 0) is 0 Å². The second-order valence-electron chi connectivity index (χ2n) is 4.64. The van der Waals surface area contributed by atoms with Gasteiger partial charge in [0.1, 0.15) is 6.33 Å². The third-order valence-electron chi connectivity index (χ3n) is 2.87. The maximum atomic E-state index is 12.5. The first-order valence-electron chi connectivity index (χ1n) is 7.07. The summed E-state index contributed by atoms with van der Waals surface area (Å²) in [7, 11) is -3.95. The maximum absolute atomic E-state index is 12.5. The van der Waals surface area contributed by atoms with Gasteiger partial charge in [0.2, 0.25) is 0 Å². The van der Waals surface area contributed by atoms with E-state index in [2.05, 4.69) is 36.4 Å². The summed E-state index contributed by atoms with van der Waals surface area (Å²) in [4.78, 5) is 17.5. The largest absolute Gasteiger partial charge is 0.346 e. The Kier molecular flexibility index (Phi) is 7.28. The molecule has 0 fully saturated rings. The highest BCUT2D eigenvalue weighted by molar-refractivity contribution is 7.89. The lowest BCUT2D eigenvalue weighted by atomic mass is 10.5. The summed E-state index contributed by atoms with van der Waals surface area (Å²) in [6.45, 7) is 14.9. The molecule has 1 amide bonds. The zero-order chi connectivity index (χ0) is 18.2. The van der Waals surface area contributed by atoms with Crippen molar-refractivity contribution in [1.29, 1.82) is 0 Å². The lowest BCUT2D eigenvalue weighted by Crippen LogP contribution is -2.36. The minimum Gasteiger partial charge on any atom is -0.315 e. The van der Waals surface area contributed by atoms with Crippen LogP contribution in [0.3, 0.4) is 0 Å². The van der Waals surface area contributed by atoms with E-state index in [0.717, 1.165) is 15.3 Å². The molecule has 1 aromatic rings. The zero-order valence-corrected chi connectivity index (χ0v) is 14.2. The molecule has 0 unspecified atom stereocenters. The molecule has 1 rings (SSSR count). The van der Waals surface area contributed by atoms with Crippen LogP contribution < -0.4 is 0 Å². The standard InChI is InChI=1S/C15H21N5O3S/c1-5-9-18(10-6-2)15(21)20-13-16-14(17-20)24(22,23)19(11-7-3)12-8-4/h5-8,13H,1-4,9-12H2. The van der Waals surface area contributed by atoms with Gasteiger partial charge in [0.15, 0.2) is 0 Å². The van der Waals surface area contributed by atoms with Crippen LogP contribution in [-0.2, 0) is 10.0 Å². The van der Waals surface area contributed by atoms with Crippen LogP contribution in [0.4, 0.5) is 4.79 Å². The van der Waals surface area contributed by atoms with E-state index in [4.69, 9.17) is 0 Å². The van der Waals surface area contributed by atoms with E-state index in [1.54, 1.807) is 12.2 Å². The van der Waals surface area contributed by atoms with Gasteiger partial charge in [-0.1, -0.05) is 24.3 Å². The van der Waals surface area contributed by atoms with Gasteiger partial charge in [0.05, 0.1) is 0 Å². The van der Waals surface area contributed by atoms with Crippen molar-refractivity contribution in [3.05, 3.63) is 56.9 Å². The Morgan fingerprint density at radius 2 is 1.54 bits per heavy atom. The summed E-state index contributed by atoms with van der Waals surface area (Å²) < 4.78 is 27.0. The second kappa shape index (κ2) is 8.94. The van der Waals surface area contributed by atoms with Crippen LogP contribution in [0.15, 0.2) is 62.1 Å². The number of carbonyl (C=O) groups is 1. The maximum Gasteiger partial charge on any atom is 0.346 e. The smallest absolute Gasteiger partial charge is 0.315 e. The molecule has 0 aliphatic heterocycles. The molecule has 1 heterocycles. The number of hydrogen-bond donors (Lipinski definition) is 0. The van der Waals surface area contributed by atoms with Crippen LogP contribution in [-0.4, -0.2) is 64.6 Å². The fourth-order valence-electron chi connectivity index (χ4n) is 1.82. The first-order valence-corrected chi connectivity index (χ1v) is 8.51. The van der Waals surface area contributed by atoms with Crippen molar-refractivity contribution in [1.82, 2.24) is 24.0 Å². The van der Waals surface area contributed by atoms with Crippen LogP contribution in [0.5, 0.6) is 0 Å². The van der Waals surface area contributed by atoms with Crippen LogP contribution in [0, 0.1) is 0 Å². The van der Waals surface area contributed by atoms with Gasteiger partial charge in [-0.25, -0.2) is 18.2 Å². The third-order valence-corrected chi connectivity index (χ3v) is 4.50. The van der Waals surface area contributed by atoms with E-state index in [9.17, 15) is 13.2 Å². The molecule has 0 aromatic carbocycles. The molecule has 0 atom stereocenters. The Morgan fingerprint density at radius 1 is 1.04 bits per heavy atom. The minimum atomic E-state index is -3.95. The predicted molar refractivity (Wildman–Crippen MR) is 91.9 cm³/mol. The number of hydrogen-bond acceptors (Lipinski definition) is 5. The molecule has 1 aromatic heterocycles. The van der Waals surface area contributed by atoms with E-state index in [0.29, 0.717) is 0 Å². The highest BCUT2D eigenvalue weighted by atomic mass is 32.2. The molecule has 130 valence electrons. The van der Waals surface area contributed by atoms with Gasteiger partial charge >= 0.3 is 6.03 Å². The first kappa shape index (κ1) is 19.5. The summed E-state index contributed by atoms with van der Waals surface area (Å²) in [6.07, 6.45) is 7.05. The molecule has 24 heavy (non-hydrogen) atoms. The fourth-order valence-corrected chi connectivity index (χ4v) is 3.03. The molecular weight excluding hydrogens is 330 g/mol. The van der Waals surface area contributed by atoms with Gasteiger partial charge in [-0.15, -0.1) is 31.4 Å². The molecule has 0 spiro atoms. The summed E-state index contributed by atoms with van der Waals surface area (Å²) in [5, 5.41) is 3.34. The Hall–Kier alpha value is -2.52. The average molecular weight is 351 g/mol. The summed E-state index contributed by atoms with van der Waals surface area (Å²) in [6, 6.07) is -0.525. The quantitative estimate of drug-likeness (QED) is 0.593. The van der Waals surface area contributed by atoms with Gasteiger partial charge in [-0.3, -0.25) is 0 Å². The van der Waals surface area contributed by atoms with E-state index >= 15 is 0 Å². The summed E-state index contributed by atoms with van der Waals surface area (Å²) >= 11 is 0. The van der Waals surface area contributed by atoms with E-state index in [1.807, 2.05) is 0 Å². The van der Waals surface area contributed by atoms with Crippen LogP contribution >= 0.6 is 0 Å². The molecule has 0 saturated carbocycles. The number of sulfonamides is 1. The Morgan fingerprint density at radius 3 is 2.00 bits per heavy atom. The average Bonchev–Trinajstić information content (AvgIpc) is 3.04. The van der Waals surface area contributed by atoms with Crippen LogP contribution in [0.25, 0.3) is 0 Å². The predicted octanol–water partition coefficient (Wildman–Crippen LogP) is 1.28. The Balaban J connectivity index is 3.11. The number of carbonyl (C=O) groups excluding carboxylic acids is 1. The Labute approximate surface area is 142 Å². The Bertz CT molecular complexity index is 703. The second-order valence-corrected chi connectivity index (χ2v) is 6.47. The van der Waals surface area contributed by atoms with E-state index in [-0.39, 0.29) is 26.2 Å². The third kappa shape index (κ3) is 4.49. The van der Waals surface area contributed by atoms with Gasteiger partial charge in [0, 0.05) is 26.2 Å². The molecule has 0 saturated heterocycles. The van der Waals surface area contributed by atoms with E-state index < -0.39 is 21.2 Å².